The van der Waals surface area contributed by atoms with Crippen LogP contribution in [0.5, 0.6) is 0 Å². The summed E-state index contributed by atoms with van der Waals surface area (Å²) in [4.78, 5) is 159. The highest BCUT2D eigenvalue weighted by Crippen LogP contribution is 2.25. The van der Waals surface area contributed by atoms with Crippen LogP contribution in [0.4, 0.5) is 4.79 Å². The van der Waals surface area contributed by atoms with Gasteiger partial charge in [-0.2, -0.15) is 0 Å². The predicted molar refractivity (Wildman–Crippen MR) is 296 cm³/mol. The summed E-state index contributed by atoms with van der Waals surface area (Å²) in [6, 6.07) is -3.56. The number of ether oxygens (including phenoxy) is 2. The van der Waals surface area contributed by atoms with Crippen molar-refractivity contribution >= 4 is 70.5 Å². The maximum atomic E-state index is 13.7. The summed E-state index contributed by atoms with van der Waals surface area (Å²) < 4.78 is 10.7. The standard InChI is InChI=1S/C56H95N9O15/c1-34(2)26-38(28-40(66)33-62-53(76)39(27-35(3)4)30-47(70)42(14-17-49(58)72)64-50(73)18-15-46(69)43-31-41(67)32-61-43)54(77)63-36(5)45(68)16-19-51(74)65-23-11-13-44(65)48(71)29-37(12-9-10-20-57)52(75)59-21-24-79-25-22-60-55(78)80-56(6,7)8/h34-39,41-44,61,67H,9-33,57H2,1-8H3,(H2,58,72)(H,59,75)(H,60,78)(H,62,76)(H,63,77)(H,64,73)/t36-,37+,38+,39+,41+,42-,43-,44-/m0/s1. The van der Waals surface area contributed by atoms with Crippen LogP contribution in [0.15, 0.2) is 0 Å². The molecule has 2 heterocycles. The number of hydrogen-bond acceptors (Lipinski definition) is 17. The molecule has 2 fully saturated rings. The zero-order valence-corrected chi connectivity index (χ0v) is 48.7. The number of carbonyl (C=O) groups excluding carboxylic acids is 12. The normalized spacial score (nSPS) is 18.1. The van der Waals surface area contributed by atoms with E-state index in [1.807, 2.05) is 27.7 Å². The molecule has 0 aromatic carbocycles. The van der Waals surface area contributed by atoms with E-state index >= 15 is 0 Å². The largest absolute Gasteiger partial charge is 0.444 e. The van der Waals surface area contributed by atoms with Crippen LogP contribution in [-0.2, 0) is 62.2 Å². The molecule has 0 aliphatic carbocycles. The van der Waals surface area contributed by atoms with Crippen LogP contribution < -0.4 is 43.4 Å². The molecule has 7 amide bonds. The topological polar surface area (TPSA) is 371 Å². The number of unbranched alkanes of at least 4 members (excludes halogenated alkanes) is 1. The van der Waals surface area contributed by atoms with Gasteiger partial charge in [-0.05, 0) is 97.4 Å². The molecular weight excluding hydrogens is 1040 g/mol. The first-order chi connectivity index (χ1) is 37.6. The second kappa shape index (κ2) is 36.6. The number of aliphatic hydroxyl groups excluding tert-OH is 1. The summed E-state index contributed by atoms with van der Waals surface area (Å²) in [7, 11) is 0. The Bertz CT molecular complexity index is 2100. The molecule has 454 valence electrons. The highest BCUT2D eigenvalue weighted by atomic mass is 16.6. The molecule has 2 rings (SSSR count). The van der Waals surface area contributed by atoms with Crippen LogP contribution in [0.3, 0.4) is 0 Å². The molecule has 0 spiro atoms. The third kappa shape index (κ3) is 28.6. The highest BCUT2D eigenvalue weighted by Gasteiger charge is 2.37. The van der Waals surface area contributed by atoms with E-state index in [1.165, 1.54) is 11.8 Å². The Balaban J connectivity index is 1.95. The fraction of sp³-hybridized carbons (Fsp3) is 0.786. The lowest BCUT2D eigenvalue weighted by Gasteiger charge is -2.26. The number of nitrogens with zero attached hydrogens (tertiary/aromatic N) is 1. The molecule has 8 atom stereocenters. The number of aliphatic hydroxyl groups is 1. The molecule has 0 unspecified atom stereocenters. The maximum Gasteiger partial charge on any atom is 0.407 e. The minimum atomic E-state index is -1.18. The predicted octanol–water partition coefficient (Wildman–Crippen LogP) is 1.37. The van der Waals surface area contributed by atoms with Crippen molar-refractivity contribution in [1.29, 1.82) is 0 Å². The van der Waals surface area contributed by atoms with Crippen LogP contribution in [0.2, 0.25) is 0 Å². The maximum absolute atomic E-state index is 13.7. The minimum Gasteiger partial charge on any atom is -0.444 e. The van der Waals surface area contributed by atoms with Crippen molar-refractivity contribution in [1.82, 2.24) is 36.8 Å². The molecular formula is C56H95N9O15. The molecule has 0 bridgehead atoms. The van der Waals surface area contributed by atoms with Crippen LogP contribution in [0.1, 0.15) is 165 Å². The Labute approximate surface area is 471 Å². The summed E-state index contributed by atoms with van der Waals surface area (Å²) in [6.07, 6.45) is 0.245. The molecule has 0 saturated carbocycles. The number of hydrogen-bond donors (Lipinski definition) is 9. The SMILES string of the molecule is CC(C)C[C@H](CC(=O)[C@H](CCC(N)=O)NC(=O)CCC(=O)[C@@H]1C[C@@H](O)CN1)C(=O)NCC(=O)C[C@@H](CC(C)C)C(=O)N[C@@H](C)C(=O)CCC(=O)N1CCC[C@H]1C(=O)C[C@@H](CCCCN)C(=O)NCCOCCNC(=O)OC(C)(C)C. The molecule has 2 saturated heterocycles. The van der Waals surface area contributed by atoms with Gasteiger partial charge in [-0.25, -0.2) is 4.79 Å². The molecule has 24 nitrogen and oxygen atoms in total. The monoisotopic (exact) mass is 1130 g/mol. The molecule has 2 aliphatic rings. The van der Waals surface area contributed by atoms with E-state index in [9.17, 15) is 62.6 Å². The zero-order valence-electron chi connectivity index (χ0n) is 48.7. The van der Waals surface area contributed by atoms with Crippen molar-refractivity contribution < 1.29 is 72.1 Å². The van der Waals surface area contributed by atoms with Gasteiger partial charge >= 0.3 is 6.09 Å². The molecule has 2 aliphatic heterocycles. The number of rotatable bonds is 40. The van der Waals surface area contributed by atoms with Crippen LogP contribution in [-0.4, -0.2) is 169 Å². The Hall–Kier alpha value is -5.72. The molecule has 0 radical (unpaired) electrons. The van der Waals surface area contributed by atoms with Crippen LogP contribution >= 0.6 is 0 Å². The summed E-state index contributed by atoms with van der Waals surface area (Å²) in [6.45, 7) is 15.4. The van der Waals surface area contributed by atoms with Crippen molar-refractivity contribution in [2.45, 2.75) is 200 Å². The Morgan fingerprint density at radius 3 is 1.94 bits per heavy atom. The van der Waals surface area contributed by atoms with E-state index in [0.29, 0.717) is 45.2 Å². The Morgan fingerprint density at radius 1 is 0.700 bits per heavy atom. The van der Waals surface area contributed by atoms with Crippen molar-refractivity contribution in [3.63, 3.8) is 0 Å². The minimum absolute atomic E-state index is 0.0427. The fourth-order valence-corrected chi connectivity index (χ4v) is 9.68. The molecule has 24 heteroatoms. The van der Waals surface area contributed by atoms with E-state index in [1.54, 1.807) is 20.8 Å². The van der Waals surface area contributed by atoms with E-state index in [2.05, 4.69) is 31.9 Å². The quantitative estimate of drug-likeness (QED) is 0.0391. The molecule has 80 heavy (non-hydrogen) atoms. The van der Waals surface area contributed by atoms with Gasteiger partial charge in [0, 0.05) is 95.3 Å². The number of nitrogens with one attached hydrogen (secondary N) is 6. The summed E-state index contributed by atoms with van der Waals surface area (Å²) in [5.41, 5.74) is 10.4. The molecule has 0 aromatic rings. The second-order valence-electron chi connectivity index (χ2n) is 23.2. The number of likely N-dealkylation sites (tertiary alicyclic amines) is 1. The smallest absolute Gasteiger partial charge is 0.407 e. The van der Waals surface area contributed by atoms with Gasteiger partial charge in [0.15, 0.2) is 23.1 Å². The number of nitrogens with two attached hydrogens (primary N) is 2. The summed E-state index contributed by atoms with van der Waals surface area (Å²) in [5.74, 6) is -7.79. The van der Waals surface area contributed by atoms with Gasteiger partial charge in [0.25, 0.3) is 0 Å². The Kier molecular flexibility index (Phi) is 32.2. The fourth-order valence-electron chi connectivity index (χ4n) is 9.68. The van der Waals surface area contributed by atoms with Crippen molar-refractivity contribution in [3.05, 3.63) is 0 Å². The van der Waals surface area contributed by atoms with Crippen molar-refractivity contribution in [2.24, 2.45) is 41.1 Å². The number of β-amino-alcohol motifs (C(OH)–C–C–N with tert-alkyl or cyclic N) is 1. The number of amides is 7. The van der Waals surface area contributed by atoms with E-state index in [-0.39, 0.29) is 139 Å². The number of ketones is 5. The van der Waals surface area contributed by atoms with Crippen LogP contribution in [0, 0.1) is 29.6 Å². The first kappa shape index (κ1) is 70.4. The van der Waals surface area contributed by atoms with Gasteiger partial charge < -0.3 is 62.8 Å². The third-order valence-electron chi connectivity index (χ3n) is 13.8. The van der Waals surface area contributed by atoms with E-state index < -0.39 is 113 Å². The van der Waals surface area contributed by atoms with Gasteiger partial charge in [0.05, 0.1) is 50.0 Å². The first-order valence-electron chi connectivity index (χ1n) is 28.6. The van der Waals surface area contributed by atoms with Crippen molar-refractivity contribution in [2.75, 3.05) is 52.5 Å². The summed E-state index contributed by atoms with van der Waals surface area (Å²) >= 11 is 0. The van der Waals surface area contributed by atoms with Gasteiger partial charge in [0.1, 0.15) is 11.4 Å². The average molecular weight is 1130 g/mol. The number of Topliss-reactive ketones (excluding diaryl/α,β-unsaturated/α-hetero) is 5. The van der Waals surface area contributed by atoms with E-state index in [4.69, 9.17) is 20.9 Å². The zero-order chi connectivity index (χ0) is 60.1. The molecule has 0 aromatic heterocycles. The first-order valence-corrected chi connectivity index (χ1v) is 28.6. The number of carbonyl (C=O) groups is 12. The lowest BCUT2D eigenvalue weighted by Crippen LogP contribution is -2.45. The Morgan fingerprint density at radius 2 is 1.34 bits per heavy atom. The van der Waals surface area contributed by atoms with Gasteiger partial charge in [-0.3, -0.25) is 52.7 Å². The lowest BCUT2D eigenvalue weighted by atomic mass is 9.88. The second-order valence-corrected chi connectivity index (χ2v) is 23.2. The third-order valence-corrected chi connectivity index (χ3v) is 13.8. The average Bonchev–Trinajstić information content (AvgIpc) is 4.05. The highest BCUT2D eigenvalue weighted by molar-refractivity contribution is 5.97. The van der Waals surface area contributed by atoms with Gasteiger partial charge in [-0.1, -0.05) is 34.1 Å². The number of primary amides is 1. The number of alkyl carbamates (subject to hydrolysis) is 1. The van der Waals surface area contributed by atoms with Crippen molar-refractivity contribution in [3.8, 4) is 0 Å². The molecule has 11 N–H and O–H groups in total. The van der Waals surface area contributed by atoms with Crippen LogP contribution in [0.25, 0.3) is 0 Å². The van der Waals surface area contributed by atoms with Gasteiger partial charge in [-0.15, -0.1) is 0 Å². The summed E-state index contributed by atoms with van der Waals surface area (Å²) in [5, 5.41) is 25.9. The van der Waals surface area contributed by atoms with E-state index in [0.717, 1.165) is 0 Å². The lowest BCUT2D eigenvalue weighted by molar-refractivity contribution is -0.139. The van der Waals surface area contributed by atoms with Gasteiger partial charge in [0.2, 0.25) is 35.4 Å².